The summed E-state index contributed by atoms with van der Waals surface area (Å²) >= 11 is 0. The highest BCUT2D eigenvalue weighted by Gasteiger charge is 2.16. The minimum Gasteiger partial charge on any atom is -0.462 e. The van der Waals surface area contributed by atoms with Crippen LogP contribution in [0.15, 0.2) is 36.5 Å². The largest absolute Gasteiger partial charge is 0.462 e. The number of esters is 2. The van der Waals surface area contributed by atoms with E-state index >= 15 is 0 Å². The molecule has 0 spiro atoms. The van der Waals surface area contributed by atoms with Gasteiger partial charge in [-0.1, -0.05) is 211 Å². The smallest absolute Gasteiger partial charge is 0.306 e. The van der Waals surface area contributed by atoms with Crippen molar-refractivity contribution in [3.05, 3.63) is 36.5 Å². The zero-order chi connectivity index (χ0) is 40.7. The molecule has 0 aliphatic carbocycles. The quantitative estimate of drug-likeness (QED) is 0.0378. The lowest BCUT2D eigenvalue weighted by molar-refractivity contribution is -0.161. The number of ether oxygens (including phenoxy) is 2. The molecule has 5 heteroatoms. The third-order valence-corrected chi connectivity index (χ3v) is 10.9. The summed E-state index contributed by atoms with van der Waals surface area (Å²) in [4.78, 5) is 24.4. The molecule has 5 nitrogen and oxygen atoms in total. The predicted molar refractivity (Wildman–Crippen MR) is 242 cm³/mol. The van der Waals surface area contributed by atoms with Gasteiger partial charge in [0.2, 0.25) is 0 Å². The number of carbonyl (C=O) groups is 2. The monoisotopic (exact) mass is 787 g/mol. The van der Waals surface area contributed by atoms with Crippen LogP contribution in [0.5, 0.6) is 0 Å². The maximum absolute atomic E-state index is 12.2. The van der Waals surface area contributed by atoms with Crippen LogP contribution in [0.25, 0.3) is 0 Å². The van der Waals surface area contributed by atoms with Crippen LogP contribution >= 0.6 is 0 Å². The van der Waals surface area contributed by atoms with E-state index in [-0.39, 0.29) is 25.2 Å². The second-order valence-corrected chi connectivity index (χ2v) is 16.5. The average molecular weight is 787 g/mol. The molecular weight excluding hydrogens is 693 g/mol. The van der Waals surface area contributed by atoms with Crippen molar-refractivity contribution in [2.24, 2.45) is 0 Å². The SMILES string of the molecule is CCCCC/C=C\C/C=C\CCCCCCCCCCCC(=O)OC(CO)COC(=O)CCCCCCCCCCCCC/C=C\CCCCCCCCCC. The highest BCUT2D eigenvalue weighted by atomic mass is 16.6. The van der Waals surface area contributed by atoms with Gasteiger partial charge in [0, 0.05) is 12.8 Å². The Morgan fingerprint density at radius 2 is 0.714 bits per heavy atom. The molecule has 0 saturated carbocycles. The highest BCUT2D eigenvalue weighted by molar-refractivity contribution is 5.70. The summed E-state index contributed by atoms with van der Waals surface area (Å²) in [5, 5.41) is 9.61. The van der Waals surface area contributed by atoms with Crippen LogP contribution in [-0.4, -0.2) is 36.4 Å². The van der Waals surface area contributed by atoms with E-state index in [0.717, 1.165) is 44.9 Å². The van der Waals surface area contributed by atoms with Gasteiger partial charge in [-0.05, 0) is 70.6 Å². The summed E-state index contributed by atoms with van der Waals surface area (Å²) in [5.74, 6) is -0.587. The van der Waals surface area contributed by atoms with E-state index in [2.05, 4.69) is 50.3 Å². The topological polar surface area (TPSA) is 72.8 Å². The Labute approximate surface area is 348 Å². The maximum Gasteiger partial charge on any atom is 0.306 e. The van der Waals surface area contributed by atoms with Crippen LogP contribution in [0.3, 0.4) is 0 Å². The summed E-state index contributed by atoms with van der Waals surface area (Å²) < 4.78 is 10.7. The second-order valence-electron chi connectivity index (χ2n) is 16.5. The number of hydrogen-bond donors (Lipinski definition) is 1. The molecule has 0 aromatic rings. The van der Waals surface area contributed by atoms with Gasteiger partial charge in [-0.2, -0.15) is 0 Å². The normalized spacial score (nSPS) is 12.4. The van der Waals surface area contributed by atoms with E-state index in [1.807, 2.05) is 0 Å². The molecule has 0 bridgehead atoms. The fraction of sp³-hybridized carbons (Fsp3) is 0.843. The Kier molecular flexibility index (Phi) is 45.9. The summed E-state index contributed by atoms with van der Waals surface area (Å²) in [5.41, 5.74) is 0. The van der Waals surface area contributed by atoms with Crippen molar-refractivity contribution in [3.63, 3.8) is 0 Å². The molecule has 0 aromatic carbocycles. The van der Waals surface area contributed by atoms with Crippen molar-refractivity contribution in [1.82, 2.24) is 0 Å². The Hall–Kier alpha value is -1.88. The van der Waals surface area contributed by atoms with Gasteiger partial charge in [0.15, 0.2) is 6.10 Å². The van der Waals surface area contributed by atoms with Gasteiger partial charge in [-0.25, -0.2) is 0 Å². The lowest BCUT2D eigenvalue weighted by Crippen LogP contribution is -2.28. The van der Waals surface area contributed by atoms with Crippen LogP contribution < -0.4 is 0 Å². The molecule has 328 valence electrons. The number of rotatable bonds is 45. The summed E-state index contributed by atoms with van der Waals surface area (Å²) in [7, 11) is 0. The minimum atomic E-state index is -0.773. The van der Waals surface area contributed by atoms with E-state index in [1.165, 1.54) is 186 Å². The Balaban J connectivity index is 3.49. The molecule has 0 aliphatic rings. The number of aliphatic hydroxyl groups is 1. The molecule has 0 heterocycles. The van der Waals surface area contributed by atoms with Crippen LogP contribution in [0.1, 0.15) is 258 Å². The zero-order valence-electron chi connectivity index (χ0n) is 37.4. The average Bonchev–Trinajstić information content (AvgIpc) is 3.20. The summed E-state index contributed by atoms with van der Waals surface area (Å²) in [6.45, 7) is 4.14. The maximum atomic E-state index is 12.2. The molecule has 1 unspecified atom stereocenters. The number of unbranched alkanes of at least 4 members (excludes halogenated alkanes) is 31. The lowest BCUT2D eigenvalue weighted by atomic mass is 10.0. The number of carbonyl (C=O) groups excluding carboxylic acids is 2. The van der Waals surface area contributed by atoms with E-state index < -0.39 is 6.10 Å². The van der Waals surface area contributed by atoms with Gasteiger partial charge in [0.25, 0.3) is 0 Å². The van der Waals surface area contributed by atoms with E-state index in [4.69, 9.17) is 9.47 Å². The fourth-order valence-corrected chi connectivity index (χ4v) is 7.17. The zero-order valence-corrected chi connectivity index (χ0v) is 37.4. The van der Waals surface area contributed by atoms with Gasteiger partial charge in [-0.3, -0.25) is 9.59 Å². The van der Waals surface area contributed by atoms with E-state index in [0.29, 0.717) is 12.8 Å². The van der Waals surface area contributed by atoms with Gasteiger partial charge in [-0.15, -0.1) is 0 Å². The van der Waals surface area contributed by atoms with Crippen LogP contribution in [-0.2, 0) is 19.1 Å². The highest BCUT2D eigenvalue weighted by Crippen LogP contribution is 2.15. The van der Waals surface area contributed by atoms with Crippen molar-refractivity contribution in [2.45, 2.75) is 264 Å². The first-order chi connectivity index (χ1) is 27.6. The summed E-state index contributed by atoms with van der Waals surface area (Å²) in [6.07, 6.45) is 59.4. The third kappa shape index (κ3) is 44.8. The first-order valence-corrected chi connectivity index (χ1v) is 24.5. The van der Waals surface area contributed by atoms with Crippen molar-refractivity contribution in [1.29, 1.82) is 0 Å². The summed E-state index contributed by atoms with van der Waals surface area (Å²) in [6, 6.07) is 0. The molecule has 0 amide bonds. The molecule has 1 atom stereocenters. The van der Waals surface area contributed by atoms with Crippen LogP contribution in [0, 0.1) is 0 Å². The number of hydrogen-bond acceptors (Lipinski definition) is 5. The molecule has 0 fully saturated rings. The van der Waals surface area contributed by atoms with E-state index in [9.17, 15) is 14.7 Å². The second kappa shape index (κ2) is 47.5. The number of allylic oxidation sites excluding steroid dienone is 6. The molecule has 56 heavy (non-hydrogen) atoms. The van der Waals surface area contributed by atoms with Gasteiger partial charge >= 0.3 is 11.9 Å². The molecule has 0 radical (unpaired) electrons. The molecule has 0 saturated heterocycles. The number of aliphatic hydroxyl groups excluding tert-OH is 1. The Morgan fingerprint density at radius 3 is 1.11 bits per heavy atom. The first kappa shape index (κ1) is 54.1. The van der Waals surface area contributed by atoms with Crippen molar-refractivity contribution in [2.75, 3.05) is 13.2 Å². The Morgan fingerprint density at radius 1 is 0.411 bits per heavy atom. The van der Waals surface area contributed by atoms with Gasteiger partial charge in [0.05, 0.1) is 6.61 Å². The molecule has 0 rings (SSSR count). The van der Waals surface area contributed by atoms with Crippen molar-refractivity contribution < 1.29 is 24.2 Å². The van der Waals surface area contributed by atoms with E-state index in [1.54, 1.807) is 0 Å². The molecule has 1 N–H and O–H groups in total. The molecular formula is C51H94O5. The standard InChI is InChI=1S/C51H94O5/c1-3-5-7-9-11-13-15-17-19-21-23-24-25-26-28-29-31-33-35-37-39-41-43-45-50(53)55-48-49(47-52)56-51(54)46-44-42-40-38-36-34-32-30-27-22-20-18-16-14-12-10-8-6-4-2/h12,14,18,20-21,23,49,52H,3-11,13,15-17,19,22,24-48H2,1-2H3/b14-12-,20-18-,23-21-. The van der Waals surface area contributed by atoms with Crippen molar-refractivity contribution >= 4 is 11.9 Å². The van der Waals surface area contributed by atoms with Crippen LogP contribution in [0.2, 0.25) is 0 Å². The lowest BCUT2D eigenvalue weighted by Gasteiger charge is -2.15. The fourth-order valence-electron chi connectivity index (χ4n) is 7.17. The van der Waals surface area contributed by atoms with Crippen LogP contribution in [0.4, 0.5) is 0 Å². The first-order valence-electron chi connectivity index (χ1n) is 24.5. The minimum absolute atomic E-state index is 0.0655. The van der Waals surface area contributed by atoms with Crippen molar-refractivity contribution in [3.8, 4) is 0 Å². The van der Waals surface area contributed by atoms with Gasteiger partial charge < -0.3 is 14.6 Å². The van der Waals surface area contributed by atoms with Gasteiger partial charge in [0.1, 0.15) is 6.61 Å². The predicted octanol–water partition coefficient (Wildman–Crippen LogP) is 16.0. The molecule has 0 aliphatic heterocycles. The third-order valence-electron chi connectivity index (χ3n) is 10.9. The Bertz CT molecular complexity index is 893. The molecule has 0 aromatic heterocycles.